The number of aromatic nitrogens is 2. The second-order valence-corrected chi connectivity index (χ2v) is 10.2. The first-order chi connectivity index (χ1) is 16.0. The van der Waals surface area contributed by atoms with Crippen LogP contribution in [-0.4, -0.2) is 44.6 Å². The molecular weight excluding hydrogens is 454 g/mol. The summed E-state index contributed by atoms with van der Waals surface area (Å²) >= 11 is 0. The van der Waals surface area contributed by atoms with Crippen LogP contribution in [0.2, 0.25) is 0 Å². The van der Waals surface area contributed by atoms with Crippen LogP contribution >= 0.6 is 0 Å². The van der Waals surface area contributed by atoms with E-state index in [1.54, 1.807) is 45.2 Å². The Kier molecular flexibility index (Phi) is 7.41. The number of sulfonamides is 1. The molecular formula is C24H29N5O4S. The first-order valence-corrected chi connectivity index (χ1v) is 12.5. The van der Waals surface area contributed by atoms with Gasteiger partial charge in [-0.3, -0.25) is 9.10 Å². The van der Waals surface area contributed by atoms with Crippen LogP contribution in [0.4, 0.5) is 28.8 Å². The molecule has 0 saturated carbocycles. The Hall–Kier alpha value is -3.66. The Labute approximate surface area is 200 Å². The van der Waals surface area contributed by atoms with E-state index >= 15 is 0 Å². The molecule has 10 heteroatoms. The smallest absolute Gasteiger partial charge is 0.232 e. The van der Waals surface area contributed by atoms with Crippen LogP contribution in [0.25, 0.3) is 0 Å². The summed E-state index contributed by atoms with van der Waals surface area (Å²) in [5, 5.41) is 6.27. The number of ether oxygens (including phenoxy) is 1. The Morgan fingerprint density at radius 1 is 1.09 bits per heavy atom. The largest absolute Gasteiger partial charge is 0.495 e. The summed E-state index contributed by atoms with van der Waals surface area (Å²) in [6.45, 7) is 5.55. The average Bonchev–Trinajstić information content (AvgIpc) is 2.79. The van der Waals surface area contributed by atoms with E-state index in [1.165, 1.54) is 13.2 Å². The van der Waals surface area contributed by atoms with E-state index in [0.717, 1.165) is 16.1 Å². The summed E-state index contributed by atoms with van der Waals surface area (Å²) in [5.74, 6) is 0.709. The van der Waals surface area contributed by atoms with Crippen molar-refractivity contribution in [1.82, 2.24) is 9.97 Å². The van der Waals surface area contributed by atoms with Gasteiger partial charge in [0.1, 0.15) is 11.6 Å². The monoisotopic (exact) mass is 483 g/mol. The van der Waals surface area contributed by atoms with Gasteiger partial charge in [-0.25, -0.2) is 13.4 Å². The number of hydrogen-bond donors (Lipinski definition) is 2. The highest BCUT2D eigenvalue weighted by molar-refractivity contribution is 7.92. The molecule has 2 aromatic carbocycles. The van der Waals surface area contributed by atoms with Crippen molar-refractivity contribution in [3.63, 3.8) is 0 Å². The van der Waals surface area contributed by atoms with Gasteiger partial charge in [-0.15, -0.1) is 0 Å². The van der Waals surface area contributed by atoms with Gasteiger partial charge in [0.25, 0.3) is 0 Å². The van der Waals surface area contributed by atoms with Gasteiger partial charge in [-0.1, -0.05) is 32.0 Å². The summed E-state index contributed by atoms with van der Waals surface area (Å²) in [5.41, 5.74) is 2.90. The molecule has 180 valence electrons. The number of nitrogens with zero attached hydrogens (tertiary/aromatic N) is 3. The molecule has 0 aliphatic carbocycles. The Bertz CT molecular complexity index is 1310. The SMILES string of the molecule is COc1cc(C)ccc1Nc1ncc(C(=O)C(C)C)c(Nc2ccccc2N(C)S(C)(=O)=O)n1. The van der Waals surface area contributed by atoms with Gasteiger partial charge in [0.15, 0.2) is 5.78 Å². The number of nitrogens with one attached hydrogen (secondary N) is 2. The number of carbonyl (C=O) groups excluding carboxylic acids is 1. The Balaban J connectivity index is 2.07. The fraction of sp³-hybridized carbons (Fsp3) is 0.292. The molecule has 0 aliphatic heterocycles. The molecule has 3 aromatic rings. The highest BCUT2D eigenvalue weighted by Gasteiger charge is 2.21. The van der Waals surface area contributed by atoms with E-state index < -0.39 is 10.0 Å². The lowest BCUT2D eigenvalue weighted by Gasteiger charge is -2.21. The second-order valence-electron chi connectivity index (χ2n) is 8.18. The Morgan fingerprint density at radius 3 is 2.44 bits per heavy atom. The molecule has 0 spiro atoms. The van der Waals surface area contributed by atoms with Crippen molar-refractivity contribution < 1.29 is 17.9 Å². The highest BCUT2D eigenvalue weighted by atomic mass is 32.2. The van der Waals surface area contributed by atoms with Crippen molar-refractivity contribution in [3.05, 3.63) is 59.8 Å². The van der Waals surface area contributed by atoms with Crippen molar-refractivity contribution in [2.75, 3.05) is 35.4 Å². The molecule has 0 radical (unpaired) electrons. The number of ketones is 1. The maximum Gasteiger partial charge on any atom is 0.232 e. The normalized spacial score (nSPS) is 11.3. The van der Waals surface area contributed by atoms with E-state index in [0.29, 0.717) is 28.4 Å². The molecule has 0 aliphatic rings. The standard InChI is InChI=1S/C24H29N5O4S/c1-15(2)22(30)17-14-25-24(27-19-12-11-16(3)13-21(19)33-5)28-23(17)26-18-9-7-8-10-20(18)29(4)34(6,31)32/h7-15H,1-6H3,(H2,25,26,27,28). The molecule has 34 heavy (non-hydrogen) atoms. The average molecular weight is 484 g/mol. The van der Waals surface area contributed by atoms with E-state index in [4.69, 9.17) is 4.74 Å². The van der Waals surface area contributed by atoms with Crippen molar-refractivity contribution >= 4 is 44.6 Å². The van der Waals surface area contributed by atoms with Crippen LogP contribution < -0.4 is 19.7 Å². The molecule has 0 amide bonds. The predicted molar refractivity (Wildman–Crippen MR) is 135 cm³/mol. The van der Waals surface area contributed by atoms with Crippen LogP contribution in [0.3, 0.4) is 0 Å². The lowest BCUT2D eigenvalue weighted by molar-refractivity contribution is 0.0939. The van der Waals surface area contributed by atoms with Gasteiger partial charge in [-0.05, 0) is 36.8 Å². The van der Waals surface area contributed by atoms with Crippen molar-refractivity contribution in [1.29, 1.82) is 0 Å². The summed E-state index contributed by atoms with van der Waals surface area (Å²) < 4.78 is 30.9. The van der Waals surface area contributed by atoms with Gasteiger partial charge in [-0.2, -0.15) is 4.98 Å². The predicted octanol–water partition coefficient (Wildman–Crippen LogP) is 4.52. The fourth-order valence-electron chi connectivity index (χ4n) is 3.21. The third-order valence-corrected chi connectivity index (χ3v) is 6.37. The van der Waals surface area contributed by atoms with Gasteiger partial charge in [0.2, 0.25) is 16.0 Å². The van der Waals surface area contributed by atoms with Crippen LogP contribution in [-0.2, 0) is 10.0 Å². The number of methoxy groups -OCH3 is 1. The summed E-state index contributed by atoms with van der Waals surface area (Å²) in [6.07, 6.45) is 2.59. The zero-order valence-electron chi connectivity index (χ0n) is 20.1. The minimum atomic E-state index is -3.50. The van der Waals surface area contributed by atoms with Crippen LogP contribution in [0, 0.1) is 12.8 Å². The minimum absolute atomic E-state index is 0.143. The molecule has 1 aromatic heterocycles. The highest BCUT2D eigenvalue weighted by Crippen LogP contribution is 2.32. The molecule has 1 heterocycles. The lowest BCUT2D eigenvalue weighted by Crippen LogP contribution is -2.25. The minimum Gasteiger partial charge on any atom is -0.495 e. The molecule has 0 saturated heterocycles. The number of carbonyl (C=O) groups is 1. The molecule has 9 nitrogen and oxygen atoms in total. The molecule has 0 fully saturated rings. The number of rotatable bonds is 9. The summed E-state index contributed by atoms with van der Waals surface area (Å²) in [4.78, 5) is 21.8. The molecule has 3 rings (SSSR count). The number of Topliss-reactive ketones (excluding diaryl/α,β-unsaturated/α-hetero) is 1. The fourth-order valence-corrected chi connectivity index (χ4v) is 3.73. The van der Waals surface area contributed by atoms with E-state index in [1.807, 2.05) is 25.1 Å². The molecule has 0 bridgehead atoms. The van der Waals surface area contributed by atoms with E-state index in [9.17, 15) is 13.2 Å². The van der Waals surface area contributed by atoms with E-state index in [-0.39, 0.29) is 23.5 Å². The van der Waals surface area contributed by atoms with Gasteiger partial charge < -0.3 is 15.4 Å². The third-order valence-electron chi connectivity index (χ3n) is 5.18. The summed E-state index contributed by atoms with van der Waals surface area (Å²) in [7, 11) is -0.462. The zero-order valence-corrected chi connectivity index (χ0v) is 20.9. The first kappa shape index (κ1) is 25.0. The maximum atomic E-state index is 12.9. The molecule has 0 unspecified atom stereocenters. The maximum absolute atomic E-state index is 12.9. The quantitative estimate of drug-likeness (QED) is 0.427. The van der Waals surface area contributed by atoms with Gasteiger partial charge in [0, 0.05) is 19.2 Å². The Morgan fingerprint density at radius 2 is 1.79 bits per heavy atom. The van der Waals surface area contributed by atoms with Crippen molar-refractivity contribution in [2.24, 2.45) is 5.92 Å². The van der Waals surface area contributed by atoms with Gasteiger partial charge in [0.05, 0.1) is 36.0 Å². The molecule has 2 N–H and O–H groups in total. The topological polar surface area (TPSA) is 114 Å². The third kappa shape index (κ3) is 5.63. The zero-order chi connectivity index (χ0) is 25.0. The van der Waals surface area contributed by atoms with Crippen LogP contribution in [0.15, 0.2) is 48.7 Å². The van der Waals surface area contributed by atoms with Crippen molar-refractivity contribution in [2.45, 2.75) is 20.8 Å². The molecule has 0 atom stereocenters. The number of benzene rings is 2. The number of anilines is 5. The van der Waals surface area contributed by atoms with Crippen molar-refractivity contribution in [3.8, 4) is 5.75 Å². The number of aryl methyl sites for hydroxylation is 1. The lowest BCUT2D eigenvalue weighted by atomic mass is 10.0. The van der Waals surface area contributed by atoms with E-state index in [2.05, 4.69) is 20.6 Å². The van der Waals surface area contributed by atoms with Crippen LogP contribution in [0.1, 0.15) is 29.8 Å². The number of para-hydroxylation sites is 2. The second kappa shape index (κ2) is 10.1. The van der Waals surface area contributed by atoms with Crippen LogP contribution in [0.5, 0.6) is 5.75 Å². The summed E-state index contributed by atoms with van der Waals surface area (Å²) in [6, 6.07) is 12.6. The van der Waals surface area contributed by atoms with Gasteiger partial charge >= 0.3 is 0 Å². The first-order valence-electron chi connectivity index (χ1n) is 10.6. The number of hydrogen-bond acceptors (Lipinski definition) is 8.